The SMILES string of the molecule is CC(C)c1ccoc1C(=O)NCC1CCCCN1CCO. The lowest BCUT2D eigenvalue weighted by atomic mass is 10.0. The van der Waals surface area contributed by atoms with Gasteiger partial charge in [-0.25, -0.2) is 0 Å². The van der Waals surface area contributed by atoms with Gasteiger partial charge in [0.25, 0.3) is 5.91 Å². The first kappa shape index (κ1) is 16.0. The molecule has 2 rings (SSSR count). The van der Waals surface area contributed by atoms with Crippen LogP contribution in [0.2, 0.25) is 0 Å². The van der Waals surface area contributed by atoms with Gasteiger partial charge in [0, 0.05) is 24.7 Å². The number of hydrogen-bond donors (Lipinski definition) is 2. The fourth-order valence-electron chi connectivity index (χ4n) is 2.96. The van der Waals surface area contributed by atoms with Gasteiger partial charge >= 0.3 is 0 Å². The Bertz CT molecular complexity index is 454. The number of rotatable bonds is 6. The summed E-state index contributed by atoms with van der Waals surface area (Å²) < 4.78 is 5.34. The summed E-state index contributed by atoms with van der Waals surface area (Å²) in [5.74, 6) is 0.554. The van der Waals surface area contributed by atoms with E-state index in [1.54, 1.807) is 6.26 Å². The number of piperidine rings is 1. The molecule has 0 bridgehead atoms. The minimum Gasteiger partial charge on any atom is -0.459 e. The molecule has 0 radical (unpaired) electrons. The molecular formula is C16H26N2O3. The highest BCUT2D eigenvalue weighted by molar-refractivity contribution is 5.93. The lowest BCUT2D eigenvalue weighted by Gasteiger charge is -2.35. The maximum atomic E-state index is 12.3. The fourth-order valence-corrected chi connectivity index (χ4v) is 2.96. The third-order valence-corrected chi connectivity index (χ3v) is 4.16. The van der Waals surface area contributed by atoms with Crippen LogP contribution >= 0.6 is 0 Å². The minimum atomic E-state index is -0.141. The molecule has 1 amide bonds. The molecule has 1 unspecified atom stereocenters. The second-order valence-corrected chi connectivity index (χ2v) is 5.98. The highest BCUT2D eigenvalue weighted by atomic mass is 16.3. The van der Waals surface area contributed by atoms with Gasteiger partial charge in [-0.05, 0) is 31.4 Å². The van der Waals surface area contributed by atoms with Crippen molar-refractivity contribution in [2.75, 3.05) is 26.2 Å². The zero-order valence-electron chi connectivity index (χ0n) is 13.0. The van der Waals surface area contributed by atoms with Crippen LogP contribution in [-0.4, -0.2) is 48.2 Å². The van der Waals surface area contributed by atoms with Crippen LogP contribution in [0.1, 0.15) is 55.1 Å². The number of hydrogen-bond acceptors (Lipinski definition) is 4. The maximum Gasteiger partial charge on any atom is 0.287 e. The Morgan fingerprint density at radius 2 is 2.33 bits per heavy atom. The number of aliphatic hydroxyl groups excluding tert-OH is 1. The van der Waals surface area contributed by atoms with Crippen LogP contribution in [-0.2, 0) is 0 Å². The highest BCUT2D eigenvalue weighted by Crippen LogP contribution is 2.21. The predicted molar refractivity (Wildman–Crippen MR) is 81.4 cm³/mol. The quantitative estimate of drug-likeness (QED) is 0.842. The molecule has 1 aliphatic heterocycles. The lowest BCUT2D eigenvalue weighted by Crippen LogP contribution is -2.47. The molecule has 0 aliphatic carbocycles. The standard InChI is InChI=1S/C16H26N2O3/c1-12(2)14-6-10-21-15(14)16(20)17-11-13-5-3-4-7-18(13)8-9-19/h6,10,12-13,19H,3-5,7-9,11H2,1-2H3,(H,17,20). The van der Waals surface area contributed by atoms with Gasteiger partial charge in [-0.1, -0.05) is 20.3 Å². The fraction of sp³-hybridized carbons (Fsp3) is 0.688. The molecule has 0 aromatic carbocycles. The van der Waals surface area contributed by atoms with Crippen molar-refractivity contribution in [1.29, 1.82) is 0 Å². The van der Waals surface area contributed by atoms with Gasteiger partial charge in [0.1, 0.15) is 0 Å². The molecule has 1 saturated heterocycles. The van der Waals surface area contributed by atoms with Gasteiger partial charge in [0.2, 0.25) is 0 Å². The first-order valence-corrected chi connectivity index (χ1v) is 7.84. The number of aliphatic hydroxyl groups is 1. The first-order chi connectivity index (χ1) is 10.1. The van der Waals surface area contributed by atoms with E-state index in [9.17, 15) is 4.79 Å². The second-order valence-electron chi connectivity index (χ2n) is 5.98. The number of nitrogens with one attached hydrogen (secondary N) is 1. The van der Waals surface area contributed by atoms with Gasteiger partial charge < -0.3 is 14.8 Å². The molecule has 0 saturated carbocycles. The van der Waals surface area contributed by atoms with E-state index in [-0.39, 0.29) is 18.4 Å². The second kappa shape index (κ2) is 7.61. The number of carbonyl (C=O) groups excluding carboxylic acids is 1. The van der Waals surface area contributed by atoms with Crippen LogP contribution in [0.4, 0.5) is 0 Å². The molecule has 2 heterocycles. The number of amides is 1. The Balaban J connectivity index is 1.92. The summed E-state index contributed by atoms with van der Waals surface area (Å²) in [5.41, 5.74) is 0.948. The van der Waals surface area contributed by atoms with Gasteiger partial charge in [0.15, 0.2) is 5.76 Å². The van der Waals surface area contributed by atoms with Crippen molar-refractivity contribution in [1.82, 2.24) is 10.2 Å². The number of β-amino-alcohol motifs (C(OH)–C–C–N with tert-alkyl or cyclic N) is 1. The Morgan fingerprint density at radius 1 is 1.52 bits per heavy atom. The summed E-state index contributed by atoms with van der Waals surface area (Å²) in [5, 5.41) is 12.1. The normalized spacial score (nSPS) is 19.9. The Labute approximate surface area is 126 Å². The van der Waals surface area contributed by atoms with E-state index in [4.69, 9.17) is 9.52 Å². The van der Waals surface area contributed by atoms with Crippen LogP contribution < -0.4 is 5.32 Å². The van der Waals surface area contributed by atoms with Crippen molar-refractivity contribution >= 4 is 5.91 Å². The average Bonchev–Trinajstić information content (AvgIpc) is 2.96. The summed E-state index contributed by atoms with van der Waals surface area (Å²) in [7, 11) is 0. The van der Waals surface area contributed by atoms with Gasteiger partial charge in [0.05, 0.1) is 12.9 Å². The maximum absolute atomic E-state index is 12.3. The molecule has 5 heteroatoms. The highest BCUT2D eigenvalue weighted by Gasteiger charge is 2.24. The molecular weight excluding hydrogens is 268 g/mol. The average molecular weight is 294 g/mol. The minimum absolute atomic E-state index is 0.141. The zero-order valence-corrected chi connectivity index (χ0v) is 13.0. The number of carbonyl (C=O) groups is 1. The van der Waals surface area contributed by atoms with Crippen LogP contribution in [0, 0.1) is 0 Å². The molecule has 0 spiro atoms. The van der Waals surface area contributed by atoms with Crippen molar-refractivity contribution in [3.05, 3.63) is 23.7 Å². The topological polar surface area (TPSA) is 65.7 Å². The Morgan fingerprint density at radius 3 is 3.05 bits per heavy atom. The molecule has 21 heavy (non-hydrogen) atoms. The largest absolute Gasteiger partial charge is 0.459 e. The van der Waals surface area contributed by atoms with Crippen molar-refractivity contribution in [2.45, 2.75) is 45.1 Å². The number of nitrogens with zero attached hydrogens (tertiary/aromatic N) is 1. The number of furan rings is 1. The van der Waals surface area contributed by atoms with Gasteiger partial charge in [-0.15, -0.1) is 0 Å². The first-order valence-electron chi connectivity index (χ1n) is 7.84. The smallest absolute Gasteiger partial charge is 0.287 e. The third-order valence-electron chi connectivity index (χ3n) is 4.16. The van der Waals surface area contributed by atoms with Gasteiger partial charge in [-0.3, -0.25) is 9.69 Å². The summed E-state index contributed by atoms with van der Waals surface area (Å²) in [4.78, 5) is 14.5. The Kier molecular flexibility index (Phi) is 5.82. The van der Waals surface area contributed by atoms with E-state index >= 15 is 0 Å². The van der Waals surface area contributed by atoms with Crippen LogP contribution in [0.15, 0.2) is 16.7 Å². The zero-order chi connectivity index (χ0) is 15.2. The summed E-state index contributed by atoms with van der Waals surface area (Å²) in [6.07, 6.45) is 4.99. The molecule has 1 atom stereocenters. The summed E-state index contributed by atoms with van der Waals surface area (Å²) >= 11 is 0. The molecule has 1 aromatic heterocycles. The van der Waals surface area contributed by atoms with Crippen LogP contribution in [0.5, 0.6) is 0 Å². The van der Waals surface area contributed by atoms with E-state index in [2.05, 4.69) is 10.2 Å². The van der Waals surface area contributed by atoms with Gasteiger partial charge in [-0.2, -0.15) is 0 Å². The molecule has 1 aliphatic rings. The van der Waals surface area contributed by atoms with Crippen molar-refractivity contribution < 1.29 is 14.3 Å². The van der Waals surface area contributed by atoms with Crippen molar-refractivity contribution in [3.63, 3.8) is 0 Å². The molecule has 1 aromatic rings. The van der Waals surface area contributed by atoms with E-state index in [0.29, 0.717) is 24.9 Å². The van der Waals surface area contributed by atoms with Crippen LogP contribution in [0.3, 0.4) is 0 Å². The van der Waals surface area contributed by atoms with E-state index in [0.717, 1.165) is 18.5 Å². The Hall–Kier alpha value is -1.33. The van der Waals surface area contributed by atoms with E-state index in [1.165, 1.54) is 12.8 Å². The van der Waals surface area contributed by atoms with E-state index in [1.807, 2.05) is 19.9 Å². The lowest BCUT2D eigenvalue weighted by molar-refractivity contribution is 0.0863. The summed E-state index contributed by atoms with van der Waals surface area (Å²) in [6.45, 7) is 6.55. The van der Waals surface area contributed by atoms with Crippen LogP contribution in [0.25, 0.3) is 0 Å². The monoisotopic (exact) mass is 294 g/mol. The summed E-state index contributed by atoms with van der Waals surface area (Å²) in [6, 6.07) is 2.17. The van der Waals surface area contributed by atoms with Crippen molar-refractivity contribution in [2.24, 2.45) is 0 Å². The third kappa shape index (κ3) is 4.08. The molecule has 5 nitrogen and oxygen atoms in total. The predicted octanol–water partition coefficient (Wildman–Crippen LogP) is 1.98. The number of likely N-dealkylation sites (tertiary alicyclic amines) is 1. The molecule has 118 valence electrons. The van der Waals surface area contributed by atoms with E-state index < -0.39 is 0 Å². The van der Waals surface area contributed by atoms with Crippen molar-refractivity contribution in [3.8, 4) is 0 Å². The molecule has 2 N–H and O–H groups in total. The molecule has 1 fully saturated rings.